The highest BCUT2D eigenvalue weighted by Crippen LogP contribution is 1.71. The molecule has 0 aliphatic heterocycles. The third kappa shape index (κ3) is 93.4. The molecule has 4 heteroatoms. The van der Waals surface area contributed by atoms with Crippen molar-refractivity contribution in [1.82, 2.24) is 4.42 Å². The van der Waals surface area contributed by atoms with Crippen LogP contribution < -0.4 is 0 Å². The second-order valence-electron chi connectivity index (χ2n) is 0.785. The van der Waals surface area contributed by atoms with Gasteiger partial charge in [-0.25, -0.2) is 4.42 Å². The topological polar surface area (TPSA) is 3.24 Å². The predicted molar refractivity (Wildman–Crippen MR) is 37.2 cm³/mol. The molecule has 0 aliphatic rings. The molecular formula is C2H9Cl2NS. The highest BCUT2D eigenvalue weighted by molar-refractivity contribution is 7.59. The Hall–Kier alpha value is 0.890. The first-order valence-corrected chi connectivity index (χ1v) is 1.40. The number of hydrogen-bond donors (Lipinski definition) is 0. The molecule has 0 aromatic carbocycles. The summed E-state index contributed by atoms with van der Waals surface area (Å²) in [5.74, 6) is 0. The van der Waals surface area contributed by atoms with Crippen molar-refractivity contribution in [1.29, 1.82) is 0 Å². The van der Waals surface area contributed by atoms with E-state index in [0.717, 1.165) is 0 Å². The molecule has 0 aromatic rings. The maximum absolute atomic E-state index is 5.11. The second-order valence-corrected chi connectivity index (χ2v) is 1.46. The molecule has 0 saturated heterocycles. The lowest BCUT2D eigenvalue weighted by Crippen LogP contribution is -1.89. The molecule has 0 atom stereocenters. The third-order valence-corrected chi connectivity index (χ3v) is 0. The molecular weight excluding hydrogens is 141 g/mol. The Labute approximate surface area is 56.6 Å². The molecule has 6 heavy (non-hydrogen) atoms. The van der Waals surface area contributed by atoms with Gasteiger partial charge >= 0.3 is 0 Å². The van der Waals surface area contributed by atoms with Crippen molar-refractivity contribution in [3.05, 3.63) is 0 Å². The van der Waals surface area contributed by atoms with E-state index in [1.807, 2.05) is 0 Å². The summed E-state index contributed by atoms with van der Waals surface area (Å²) in [6.45, 7) is 0. The van der Waals surface area contributed by atoms with Crippen molar-refractivity contribution in [2.45, 2.75) is 0 Å². The van der Waals surface area contributed by atoms with E-state index in [4.69, 9.17) is 11.8 Å². The Morgan fingerprint density at radius 1 is 1.33 bits per heavy atom. The first kappa shape index (κ1) is 15.8. The highest BCUT2D eigenvalue weighted by Gasteiger charge is 1.62. The largest absolute Gasteiger partial charge is 0.226 e. The number of rotatable bonds is 0. The predicted octanol–water partition coefficient (Wildman–Crippen LogP) is 1.24. The van der Waals surface area contributed by atoms with E-state index in [1.54, 1.807) is 14.1 Å². The second kappa shape index (κ2) is 9.31. The minimum Gasteiger partial charge on any atom is -0.226 e. The molecule has 0 unspecified atom stereocenters. The van der Waals surface area contributed by atoms with Crippen molar-refractivity contribution in [2.24, 2.45) is 0 Å². The smallest absolute Gasteiger partial charge is 0.00209 e. The lowest BCUT2D eigenvalue weighted by molar-refractivity contribution is 0.681. The molecule has 0 rings (SSSR count). The van der Waals surface area contributed by atoms with Gasteiger partial charge in [0.2, 0.25) is 0 Å². The van der Waals surface area contributed by atoms with Crippen molar-refractivity contribution < 1.29 is 0 Å². The van der Waals surface area contributed by atoms with Gasteiger partial charge in [0.1, 0.15) is 0 Å². The Morgan fingerprint density at radius 3 is 1.33 bits per heavy atom. The Morgan fingerprint density at radius 2 is 1.33 bits per heavy atom. The van der Waals surface area contributed by atoms with Crippen molar-refractivity contribution in [3.63, 3.8) is 0 Å². The first-order chi connectivity index (χ1) is 1.73. The molecule has 0 radical (unpaired) electrons. The van der Waals surface area contributed by atoms with Crippen LogP contribution in [0.25, 0.3) is 0 Å². The summed E-state index contributed by atoms with van der Waals surface area (Å²) in [6, 6.07) is 0. The maximum Gasteiger partial charge on any atom is 0.00209 e. The van der Waals surface area contributed by atoms with Gasteiger partial charge in [-0.15, -0.1) is 12.4 Å². The molecule has 0 amide bonds. The van der Waals surface area contributed by atoms with Crippen LogP contribution in [0, 0.1) is 0 Å². The minimum atomic E-state index is 0. The summed E-state index contributed by atoms with van der Waals surface area (Å²) in [5, 5.41) is 0. The SMILES string of the molecule is CN(C)Cl.Cl.S. The van der Waals surface area contributed by atoms with Gasteiger partial charge in [0, 0.05) is 14.1 Å². The number of nitrogens with zero attached hydrogens (tertiary/aromatic N) is 1. The van der Waals surface area contributed by atoms with Gasteiger partial charge in [0.15, 0.2) is 0 Å². The van der Waals surface area contributed by atoms with E-state index in [2.05, 4.69) is 0 Å². The van der Waals surface area contributed by atoms with Gasteiger partial charge in [-0.05, 0) is 11.8 Å². The van der Waals surface area contributed by atoms with Crippen LogP contribution in [0.5, 0.6) is 0 Å². The number of halogens is 2. The van der Waals surface area contributed by atoms with Crippen molar-refractivity contribution >= 4 is 37.7 Å². The van der Waals surface area contributed by atoms with E-state index in [9.17, 15) is 0 Å². The zero-order valence-electron chi connectivity index (χ0n) is 3.73. The number of hydrogen-bond acceptors (Lipinski definition) is 1. The molecule has 0 aromatic heterocycles. The molecule has 42 valence electrons. The fraction of sp³-hybridized carbons (Fsp3) is 1.00. The van der Waals surface area contributed by atoms with Crippen LogP contribution in [0.15, 0.2) is 0 Å². The Balaban J connectivity index is -0.0000000450. The van der Waals surface area contributed by atoms with Gasteiger partial charge in [-0.2, -0.15) is 13.5 Å². The van der Waals surface area contributed by atoms with Gasteiger partial charge in [0.25, 0.3) is 0 Å². The quantitative estimate of drug-likeness (QED) is 0.469. The monoisotopic (exact) mass is 149 g/mol. The van der Waals surface area contributed by atoms with Crippen LogP contribution in [-0.4, -0.2) is 18.5 Å². The first-order valence-electron chi connectivity index (χ1n) is 1.06. The van der Waals surface area contributed by atoms with Gasteiger partial charge < -0.3 is 0 Å². The average molecular weight is 150 g/mol. The fourth-order valence-electron chi connectivity index (χ4n) is 0. The van der Waals surface area contributed by atoms with E-state index in [0.29, 0.717) is 0 Å². The van der Waals surface area contributed by atoms with Crippen LogP contribution >= 0.6 is 37.7 Å². The zero-order chi connectivity index (χ0) is 3.58. The summed E-state index contributed by atoms with van der Waals surface area (Å²) < 4.78 is 1.47. The molecule has 0 bridgehead atoms. The van der Waals surface area contributed by atoms with Crippen LogP contribution in [0.3, 0.4) is 0 Å². The van der Waals surface area contributed by atoms with Crippen molar-refractivity contribution in [2.75, 3.05) is 14.1 Å². The molecule has 0 saturated carbocycles. The minimum absolute atomic E-state index is 0. The molecule has 0 N–H and O–H groups in total. The zero-order valence-corrected chi connectivity index (χ0v) is 6.31. The highest BCUT2D eigenvalue weighted by atomic mass is 35.5. The summed E-state index contributed by atoms with van der Waals surface area (Å²) in [7, 11) is 3.53. The molecule has 0 fully saturated rings. The Kier molecular flexibility index (Phi) is 24.5. The molecule has 0 spiro atoms. The third-order valence-electron chi connectivity index (χ3n) is 0. The molecule has 0 heterocycles. The van der Waals surface area contributed by atoms with Crippen LogP contribution in [0.4, 0.5) is 0 Å². The van der Waals surface area contributed by atoms with E-state index in [-0.39, 0.29) is 25.9 Å². The van der Waals surface area contributed by atoms with Crippen LogP contribution in [0.2, 0.25) is 0 Å². The lowest BCUT2D eigenvalue weighted by atomic mass is 11.3. The lowest BCUT2D eigenvalue weighted by Gasteiger charge is -1.85. The van der Waals surface area contributed by atoms with Crippen LogP contribution in [0.1, 0.15) is 0 Å². The summed E-state index contributed by atoms with van der Waals surface area (Å²) >= 11 is 5.11. The van der Waals surface area contributed by atoms with E-state index >= 15 is 0 Å². The van der Waals surface area contributed by atoms with Gasteiger partial charge in [-0.1, -0.05) is 0 Å². The molecule has 1 nitrogen and oxygen atoms in total. The summed E-state index contributed by atoms with van der Waals surface area (Å²) in [6.07, 6.45) is 0. The Bertz CT molecular complexity index is 16.3. The van der Waals surface area contributed by atoms with Crippen molar-refractivity contribution in [3.8, 4) is 0 Å². The van der Waals surface area contributed by atoms with E-state index in [1.165, 1.54) is 4.42 Å². The fourth-order valence-corrected chi connectivity index (χ4v) is 0. The van der Waals surface area contributed by atoms with Crippen LogP contribution in [-0.2, 0) is 0 Å². The summed E-state index contributed by atoms with van der Waals surface area (Å²) in [4.78, 5) is 0. The van der Waals surface area contributed by atoms with E-state index < -0.39 is 0 Å². The maximum atomic E-state index is 5.11. The normalized spacial score (nSPS) is 6.00. The average Bonchev–Trinajstić information content (AvgIpc) is 0.811. The standard InChI is InChI=1S/C2H6ClN.ClH.H2S/c1-4(2)3;;/h1-2H3;1H;1H2. The summed E-state index contributed by atoms with van der Waals surface area (Å²) in [5.41, 5.74) is 0. The van der Waals surface area contributed by atoms with Gasteiger partial charge in [0.05, 0.1) is 0 Å². The molecule has 0 aliphatic carbocycles. The van der Waals surface area contributed by atoms with Gasteiger partial charge in [-0.3, -0.25) is 0 Å².